The minimum atomic E-state index is -0.257. The molecule has 4 nitrogen and oxygen atoms in total. The largest absolute Gasteiger partial charge is 0.272 e. The summed E-state index contributed by atoms with van der Waals surface area (Å²) in [6.45, 7) is 3.90. The molecule has 0 fully saturated rings. The van der Waals surface area contributed by atoms with Gasteiger partial charge in [-0.2, -0.15) is 5.10 Å². The molecule has 0 bridgehead atoms. The molecule has 0 atom stereocenters. The standard InChI is InChI=1S/C13H13N3OS/c1-9-3-5-11(7-14-9)13(17)16-15-8-12-6-4-10(2)18-12/h3-8H,1-2H3,(H,16,17)/b15-8-. The molecule has 0 spiro atoms. The highest BCUT2D eigenvalue weighted by Crippen LogP contribution is 2.12. The van der Waals surface area contributed by atoms with Gasteiger partial charge in [-0.25, -0.2) is 5.43 Å². The third-order valence-corrected chi connectivity index (χ3v) is 3.23. The molecule has 1 N–H and O–H groups in total. The van der Waals surface area contributed by atoms with E-state index in [0.717, 1.165) is 10.6 Å². The highest BCUT2D eigenvalue weighted by atomic mass is 32.1. The van der Waals surface area contributed by atoms with E-state index in [2.05, 4.69) is 15.5 Å². The molecular weight excluding hydrogens is 246 g/mol. The number of aryl methyl sites for hydroxylation is 2. The number of aromatic nitrogens is 1. The highest BCUT2D eigenvalue weighted by Gasteiger charge is 2.03. The van der Waals surface area contributed by atoms with Crippen LogP contribution in [0.2, 0.25) is 0 Å². The quantitative estimate of drug-likeness (QED) is 0.680. The second-order valence-corrected chi connectivity index (χ2v) is 5.16. The van der Waals surface area contributed by atoms with Crippen molar-refractivity contribution in [3.8, 4) is 0 Å². The lowest BCUT2D eigenvalue weighted by atomic mass is 10.2. The van der Waals surface area contributed by atoms with E-state index in [0.29, 0.717) is 5.56 Å². The molecule has 0 unspecified atom stereocenters. The number of hydrogen-bond acceptors (Lipinski definition) is 4. The Balaban J connectivity index is 1.96. The summed E-state index contributed by atoms with van der Waals surface area (Å²) >= 11 is 1.62. The van der Waals surface area contributed by atoms with Crippen LogP contribution in [-0.4, -0.2) is 17.1 Å². The summed E-state index contributed by atoms with van der Waals surface area (Å²) in [4.78, 5) is 18.0. The Kier molecular flexibility index (Phi) is 3.84. The van der Waals surface area contributed by atoms with Crippen molar-refractivity contribution >= 4 is 23.5 Å². The lowest BCUT2D eigenvalue weighted by Gasteiger charge is -1.99. The highest BCUT2D eigenvalue weighted by molar-refractivity contribution is 7.13. The molecule has 0 saturated carbocycles. The van der Waals surface area contributed by atoms with Crippen LogP contribution in [0.5, 0.6) is 0 Å². The Hall–Kier alpha value is -2.01. The number of nitrogens with zero attached hydrogens (tertiary/aromatic N) is 2. The van der Waals surface area contributed by atoms with Gasteiger partial charge in [0.2, 0.25) is 0 Å². The van der Waals surface area contributed by atoms with Gasteiger partial charge in [-0.1, -0.05) is 0 Å². The zero-order valence-electron chi connectivity index (χ0n) is 10.2. The van der Waals surface area contributed by atoms with Crippen LogP contribution in [-0.2, 0) is 0 Å². The van der Waals surface area contributed by atoms with Gasteiger partial charge in [0.15, 0.2) is 0 Å². The van der Waals surface area contributed by atoms with Crippen molar-refractivity contribution in [1.29, 1.82) is 0 Å². The second-order valence-electron chi connectivity index (χ2n) is 3.84. The summed E-state index contributed by atoms with van der Waals surface area (Å²) in [5.74, 6) is -0.257. The van der Waals surface area contributed by atoms with E-state index in [1.54, 1.807) is 29.7 Å². The van der Waals surface area contributed by atoms with E-state index in [4.69, 9.17) is 0 Å². The van der Waals surface area contributed by atoms with Gasteiger partial charge in [0.05, 0.1) is 11.8 Å². The molecule has 0 aliphatic carbocycles. The summed E-state index contributed by atoms with van der Waals surface area (Å²) in [6, 6.07) is 7.49. The van der Waals surface area contributed by atoms with Gasteiger partial charge in [0.1, 0.15) is 0 Å². The number of carbonyl (C=O) groups is 1. The summed E-state index contributed by atoms with van der Waals surface area (Å²) in [6.07, 6.45) is 3.17. The van der Waals surface area contributed by atoms with Crippen molar-refractivity contribution in [2.45, 2.75) is 13.8 Å². The fraction of sp³-hybridized carbons (Fsp3) is 0.154. The first-order valence-corrected chi connectivity index (χ1v) is 6.29. The maximum absolute atomic E-state index is 11.7. The summed E-state index contributed by atoms with van der Waals surface area (Å²) in [5.41, 5.74) is 3.85. The third kappa shape index (κ3) is 3.24. The molecule has 0 aromatic carbocycles. The molecule has 0 aliphatic rings. The summed E-state index contributed by atoms with van der Waals surface area (Å²) in [5, 5.41) is 3.91. The van der Waals surface area contributed by atoms with Crippen molar-refractivity contribution in [1.82, 2.24) is 10.4 Å². The number of nitrogens with one attached hydrogen (secondary N) is 1. The monoisotopic (exact) mass is 259 g/mol. The molecule has 0 aliphatic heterocycles. The van der Waals surface area contributed by atoms with Crippen LogP contribution in [0.3, 0.4) is 0 Å². The minimum absolute atomic E-state index is 0.257. The van der Waals surface area contributed by atoms with Crippen molar-refractivity contribution in [3.63, 3.8) is 0 Å². The second kappa shape index (κ2) is 5.55. The zero-order valence-corrected chi connectivity index (χ0v) is 11.0. The molecule has 2 aromatic rings. The fourth-order valence-corrected chi connectivity index (χ4v) is 2.09. The smallest absolute Gasteiger partial charge is 0.267 e. The molecule has 2 heterocycles. The molecule has 0 radical (unpaired) electrons. The van der Waals surface area contributed by atoms with E-state index in [1.807, 2.05) is 26.0 Å². The van der Waals surface area contributed by atoms with Gasteiger partial charge in [-0.15, -0.1) is 11.3 Å². The summed E-state index contributed by atoms with van der Waals surface area (Å²) < 4.78 is 0. The average molecular weight is 259 g/mol. The van der Waals surface area contributed by atoms with Gasteiger partial charge in [-0.3, -0.25) is 9.78 Å². The van der Waals surface area contributed by atoms with E-state index in [1.165, 1.54) is 11.1 Å². The summed E-state index contributed by atoms with van der Waals surface area (Å²) in [7, 11) is 0. The van der Waals surface area contributed by atoms with E-state index in [9.17, 15) is 4.79 Å². The van der Waals surface area contributed by atoms with Gasteiger partial charge in [-0.05, 0) is 38.1 Å². The fourth-order valence-electron chi connectivity index (χ4n) is 1.34. The van der Waals surface area contributed by atoms with Gasteiger partial charge >= 0.3 is 0 Å². The number of pyridine rings is 1. The Morgan fingerprint density at radius 1 is 1.33 bits per heavy atom. The maximum atomic E-state index is 11.7. The predicted molar refractivity (Wildman–Crippen MR) is 73.1 cm³/mol. The average Bonchev–Trinajstić information content (AvgIpc) is 2.76. The van der Waals surface area contributed by atoms with Crippen LogP contribution >= 0.6 is 11.3 Å². The molecule has 2 rings (SSSR count). The number of carbonyl (C=O) groups excluding carboxylic acids is 1. The predicted octanol–water partition coefficient (Wildman–Crippen LogP) is 2.52. The van der Waals surface area contributed by atoms with Crippen LogP contribution in [0.1, 0.15) is 25.8 Å². The Bertz CT molecular complexity index is 572. The molecular formula is C13H13N3OS. The molecule has 0 saturated heterocycles. The van der Waals surface area contributed by atoms with Gasteiger partial charge in [0.25, 0.3) is 5.91 Å². The van der Waals surface area contributed by atoms with Gasteiger partial charge < -0.3 is 0 Å². The first kappa shape index (κ1) is 12.4. The van der Waals surface area contributed by atoms with Crippen LogP contribution < -0.4 is 5.43 Å². The normalized spacial score (nSPS) is 10.8. The Morgan fingerprint density at radius 3 is 2.78 bits per heavy atom. The van der Waals surface area contributed by atoms with Gasteiger partial charge in [0, 0.05) is 21.6 Å². The molecule has 2 aromatic heterocycles. The van der Waals surface area contributed by atoms with Crippen LogP contribution in [0.15, 0.2) is 35.6 Å². The van der Waals surface area contributed by atoms with E-state index >= 15 is 0 Å². The third-order valence-electron chi connectivity index (χ3n) is 2.29. The number of hydrogen-bond donors (Lipinski definition) is 1. The van der Waals surface area contributed by atoms with Crippen molar-refractivity contribution in [3.05, 3.63) is 51.5 Å². The number of amides is 1. The van der Waals surface area contributed by atoms with E-state index in [-0.39, 0.29) is 5.91 Å². The number of hydrazone groups is 1. The number of thiophene rings is 1. The van der Waals surface area contributed by atoms with Crippen LogP contribution in [0.4, 0.5) is 0 Å². The van der Waals surface area contributed by atoms with Crippen LogP contribution in [0.25, 0.3) is 0 Å². The molecule has 92 valence electrons. The number of rotatable bonds is 3. The van der Waals surface area contributed by atoms with Crippen molar-refractivity contribution in [2.24, 2.45) is 5.10 Å². The lowest BCUT2D eigenvalue weighted by molar-refractivity contribution is 0.0955. The molecule has 5 heteroatoms. The Labute approximate surface area is 109 Å². The zero-order chi connectivity index (χ0) is 13.0. The minimum Gasteiger partial charge on any atom is -0.267 e. The van der Waals surface area contributed by atoms with E-state index < -0.39 is 0 Å². The van der Waals surface area contributed by atoms with Crippen molar-refractivity contribution < 1.29 is 4.79 Å². The molecule has 18 heavy (non-hydrogen) atoms. The first-order valence-electron chi connectivity index (χ1n) is 5.47. The topological polar surface area (TPSA) is 54.4 Å². The maximum Gasteiger partial charge on any atom is 0.272 e. The lowest BCUT2D eigenvalue weighted by Crippen LogP contribution is -2.17. The first-order chi connectivity index (χ1) is 8.65. The SMILES string of the molecule is Cc1ccc(C(=O)N/N=C\c2ccc(C)s2)cn1. The molecule has 1 amide bonds. The van der Waals surface area contributed by atoms with Crippen molar-refractivity contribution in [2.75, 3.05) is 0 Å². The van der Waals surface area contributed by atoms with Crippen LogP contribution in [0, 0.1) is 13.8 Å². The Morgan fingerprint density at radius 2 is 2.17 bits per heavy atom.